The van der Waals surface area contributed by atoms with Gasteiger partial charge in [0.05, 0.1) is 36.8 Å². The molecule has 2 aliphatic heterocycles. The molecule has 9 nitrogen and oxygen atoms in total. The number of carbonyl (C=O) groups is 1. The molecule has 4 fully saturated rings. The van der Waals surface area contributed by atoms with Gasteiger partial charge in [0.15, 0.2) is 5.65 Å². The molecule has 1 unspecified atom stereocenters. The zero-order chi connectivity index (χ0) is 27.0. The van der Waals surface area contributed by atoms with Gasteiger partial charge in [-0.05, 0) is 62.3 Å². The fourth-order valence-electron chi connectivity index (χ4n) is 6.13. The average molecular weight is 552 g/mol. The standard InChI is InChI=1S/C29H34ClN5O4/c1-27(6-7-27)26(37)33-12-10-29(38,11-13-33)16-34-18-31-24-21(25(34)36)14-23(30)35(24)20-4-2-19(3-5-20)22-15-39-17-28(32-22)8-9-28/h2-5,14,18,22,32,38H,6-13,15-17H2,1H3. The van der Waals surface area contributed by atoms with Gasteiger partial charge in [-0.15, -0.1) is 0 Å². The third-order valence-electron chi connectivity index (χ3n) is 9.25. The number of nitrogens with one attached hydrogen (secondary N) is 1. The fraction of sp³-hybridized carbons (Fsp3) is 0.552. The lowest BCUT2D eigenvalue weighted by Gasteiger charge is -2.39. The first kappa shape index (κ1) is 25.3. The molecular formula is C29H34ClN5O4. The highest BCUT2D eigenvalue weighted by atomic mass is 35.5. The highest BCUT2D eigenvalue weighted by Gasteiger charge is 2.49. The number of ether oxygens (including phenoxy) is 1. The number of piperidine rings is 1. The molecular weight excluding hydrogens is 518 g/mol. The molecule has 2 aliphatic carbocycles. The van der Waals surface area contributed by atoms with Crippen LogP contribution in [0.1, 0.15) is 57.1 Å². The van der Waals surface area contributed by atoms with Gasteiger partial charge in [0.25, 0.3) is 5.56 Å². The Hall–Kier alpha value is -2.72. The van der Waals surface area contributed by atoms with Crippen LogP contribution in [0.15, 0.2) is 41.5 Å². The summed E-state index contributed by atoms with van der Waals surface area (Å²) >= 11 is 6.62. The minimum absolute atomic E-state index is 0.128. The first-order chi connectivity index (χ1) is 18.7. The summed E-state index contributed by atoms with van der Waals surface area (Å²) < 4.78 is 9.08. The number of amides is 1. The quantitative estimate of drug-likeness (QED) is 0.505. The summed E-state index contributed by atoms with van der Waals surface area (Å²) in [4.78, 5) is 32.6. The molecule has 0 bridgehead atoms. The van der Waals surface area contributed by atoms with Crippen LogP contribution >= 0.6 is 11.6 Å². The van der Waals surface area contributed by atoms with E-state index in [0.29, 0.717) is 48.7 Å². The Kier molecular flexibility index (Phi) is 5.76. The molecule has 39 heavy (non-hydrogen) atoms. The van der Waals surface area contributed by atoms with Gasteiger partial charge in [-0.25, -0.2) is 4.98 Å². The average Bonchev–Trinajstić information content (AvgIpc) is 3.84. The molecule has 4 aliphatic rings. The van der Waals surface area contributed by atoms with Crippen LogP contribution in [-0.4, -0.2) is 67.5 Å². The molecule has 2 N–H and O–H groups in total. The number of fused-ring (bicyclic) bond motifs is 1. The van der Waals surface area contributed by atoms with Gasteiger partial charge in [-0.1, -0.05) is 30.7 Å². The van der Waals surface area contributed by atoms with Crippen molar-refractivity contribution in [1.82, 2.24) is 24.3 Å². The third-order valence-corrected chi connectivity index (χ3v) is 9.53. The summed E-state index contributed by atoms with van der Waals surface area (Å²) in [6.07, 6.45) is 6.53. The summed E-state index contributed by atoms with van der Waals surface area (Å²) in [7, 11) is 0. The second kappa shape index (κ2) is 8.89. The van der Waals surface area contributed by atoms with E-state index in [2.05, 4.69) is 22.4 Å². The van der Waals surface area contributed by atoms with Gasteiger partial charge in [-0.3, -0.25) is 18.7 Å². The molecule has 10 heteroatoms. The predicted octanol–water partition coefficient (Wildman–Crippen LogP) is 3.19. The van der Waals surface area contributed by atoms with Crippen molar-refractivity contribution in [2.45, 2.75) is 69.2 Å². The number of morpholine rings is 1. The molecule has 206 valence electrons. The molecule has 7 rings (SSSR count). The van der Waals surface area contributed by atoms with E-state index < -0.39 is 5.60 Å². The zero-order valence-electron chi connectivity index (χ0n) is 22.2. The number of benzene rings is 1. The lowest BCUT2D eigenvalue weighted by molar-refractivity contribution is -0.141. The predicted molar refractivity (Wildman–Crippen MR) is 147 cm³/mol. The smallest absolute Gasteiger partial charge is 0.262 e. The van der Waals surface area contributed by atoms with Gasteiger partial charge in [-0.2, -0.15) is 0 Å². The number of hydrogen-bond acceptors (Lipinski definition) is 6. The van der Waals surface area contributed by atoms with E-state index in [0.717, 1.165) is 43.5 Å². The van der Waals surface area contributed by atoms with E-state index >= 15 is 0 Å². The number of aliphatic hydroxyl groups is 1. The van der Waals surface area contributed by atoms with E-state index in [9.17, 15) is 14.7 Å². The minimum Gasteiger partial charge on any atom is -0.388 e. The first-order valence-corrected chi connectivity index (χ1v) is 14.3. The van der Waals surface area contributed by atoms with Crippen molar-refractivity contribution in [3.8, 4) is 5.69 Å². The van der Waals surface area contributed by atoms with Gasteiger partial charge in [0.2, 0.25) is 5.91 Å². The second-order valence-corrected chi connectivity index (χ2v) is 12.8. The highest BCUT2D eigenvalue weighted by molar-refractivity contribution is 6.31. The number of nitrogens with zero attached hydrogens (tertiary/aromatic N) is 4. The van der Waals surface area contributed by atoms with E-state index in [-0.39, 0.29) is 35.0 Å². The van der Waals surface area contributed by atoms with Crippen molar-refractivity contribution in [1.29, 1.82) is 0 Å². The molecule has 1 atom stereocenters. The highest BCUT2D eigenvalue weighted by Crippen LogP contribution is 2.47. The molecule has 2 saturated carbocycles. The Bertz CT molecular complexity index is 1500. The van der Waals surface area contributed by atoms with E-state index in [1.54, 1.807) is 10.6 Å². The molecule has 2 saturated heterocycles. The van der Waals surface area contributed by atoms with Crippen LogP contribution in [-0.2, 0) is 16.1 Å². The first-order valence-electron chi connectivity index (χ1n) is 13.9. The summed E-state index contributed by atoms with van der Waals surface area (Å²) in [5, 5.41) is 15.8. The van der Waals surface area contributed by atoms with Gasteiger partial charge in [0, 0.05) is 29.7 Å². The summed E-state index contributed by atoms with van der Waals surface area (Å²) in [5.41, 5.74) is 1.08. The van der Waals surface area contributed by atoms with Crippen LogP contribution in [0.5, 0.6) is 0 Å². The monoisotopic (exact) mass is 551 g/mol. The Morgan fingerprint density at radius 3 is 2.54 bits per heavy atom. The topological polar surface area (TPSA) is 102 Å². The lowest BCUT2D eigenvalue weighted by Crippen LogP contribution is -2.51. The molecule has 4 heterocycles. The SMILES string of the molecule is CC1(C(=O)N2CCC(O)(Cn3cnc4c(cc(Cl)n4-c4ccc(C5COCC6(CC6)N5)cc4)c3=O)CC2)CC1. The van der Waals surface area contributed by atoms with Crippen LogP contribution in [0.4, 0.5) is 0 Å². The van der Waals surface area contributed by atoms with Crippen LogP contribution in [0, 0.1) is 5.41 Å². The molecule has 3 aromatic rings. The van der Waals surface area contributed by atoms with Crippen molar-refractivity contribution < 1.29 is 14.6 Å². The van der Waals surface area contributed by atoms with Gasteiger partial charge < -0.3 is 20.1 Å². The molecule has 1 amide bonds. The summed E-state index contributed by atoms with van der Waals surface area (Å²) in [6, 6.07) is 9.91. The van der Waals surface area contributed by atoms with Crippen LogP contribution < -0.4 is 10.9 Å². The zero-order valence-corrected chi connectivity index (χ0v) is 22.9. The van der Waals surface area contributed by atoms with Crippen LogP contribution in [0.2, 0.25) is 5.15 Å². The van der Waals surface area contributed by atoms with E-state index in [1.165, 1.54) is 10.9 Å². The number of likely N-dealkylation sites (tertiary alicyclic amines) is 1. The van der Waals surface area contributed by atoms with Crippen molar-refractivity contribution in [3.63, 3.8) is 0 Å². The molecule has 0 radical (unpaired) electrons. The largest absolute Gasteiger partial charge is 0.388 e. The van der Waals surface area contributed by atoms with Crippen molar-refractivity contribution in [2.75, 3.05) is 26.3 Å². The number of aromatic nitrogens is 3. The van der Waals surface area contributed by atoms with Crippen molar-refractivity contribution >= 4 is 28.5 Å². The minimum atomic E-state index is -1.07. The normalized spacial score (nSPS) is 24.7. The van der Waals surface area contributed by atoms with E-state index in [1.807, 2.05) is 24.0 Å². The Balaban J connectivity index is 1.09. The third kappa shape index (κ3) is 4.49. The molecule has 2 aromatic heterocycles. The number of halogens is 1. The lowest BCUT2D eigenvalue weighted by atomic mass is 9.90. The maximum atomic E-state index is 13.4. The fourth-order valence-corrected chi connectivity index (χ4v) is 6.42. The Morgan fingerprint density at radius 1 is 1.15 bits per heavy atom. The van der Waals surface area contributed by atoms with Crippen molar-refractivity contribution in [3.05, 3.63) is 57.7 Å². The summed E-state index contributed by atoms with van der Waals surface area (Å²) in [5.74, 6) is 0.184. The van der Waals surface area contributed by atoms with Gasteiger partial charge >= 0.3 is 0 Å². The number of rotatable bonds is 5. The maximum Gasteiger partial charge on any atom is 0.262 e. The molecule has 1 aromatic carbocycles. The number of carbonyl (C=O) groups excluding carboxylic acids is 1. The Morgan fingerprint density at radius 2 is 1.87 bits per heavy atom. The second-order valence-electron chi connectivity index (χ2n) is 12.4. The molecule has 1 spiro atoms. The number of hydrogen-bond donors (Lipinski definition) is 2. The Labute approximate surface area is 231 Å². The van der Waals surface area contributed by atoms with E-state index in [4.69, 9.17) is 16.3 Å². The maximum absolute atomic E-state index is 13.4. The van der Waals surface area contributed by atoms with Crippen LogP contribution in [0.3, 0.4) is 0 Å². The van der Waals surface area contributed by atoms with Crippen LogP contribution in [0.25, 0.3) is 16.7 Å². The van der Waals surface area contributed by atoms with Gasteiger partial charge in [0.1, 0.15) is 11.5 Å². The van der Waals surface area contributed by atoms with Crippen molar-refractivity contribution in [2.24, 2.45) is 5.41 Å². The summed E-state index contributed by atoms with van der Waals surface area (Å²) in [6.45, 7) is 4.56.